The van der Waals surface area contributed by atoms with E-state index in [0.717, 1.165) is 17.1 Å². The summed E-state index contributed by atoms with van der Waals surface area (Å²) in [4.78, 5) is 2.47. The molecule has 0 amide bonds. The molecule has 0 saturated heterocycles. The first-order valence-electron chi connectivity index (χ1n) is 20.3. The molecule has 0 saturated carbocycles. The molecule has 1 nitrogen and oxygen atoms in total. The lowest BCUT2D eigenvalue weighted by atomic mass is 9.82. The number of benzene rings is 10. The molecule has 0 radical (unpaired) electrons. The third-order valence-electron chi connectivity index (χ3n) is 12.5. The molecule has 0 spiro atoms. The molecule has 10 aromatic rings. The van der Waals surface area contributed by atoms with Gasteiger partial charge in [0.05, 0.1) is 5.69 Å². The number of hydrogen-bond acceptors (Lipinski definition) is 1. The monoisotopic (exact) mass is 739 g/mol. The first-order valence-corrected chi connectivity index (χ1v) is 20.3. The van der Waals surface area contributed by atoms with E-state index in [1.165, 1.54) is 88.0 Å². The van der Waals surface area contributed by atoms with Crippen LogP contribution < -0.4 is 4.90 Å². The predicted molar refractivity (Wildman–Crippen MR) is 248 cm³/mol. The average Bonchev–Trinajstić information content (AvgIpc) is 3.52. The number of rotatable bonds is 6. The van der Waals surface area contributed by atoms with E-state index in [4.69, 9.17) is 0 Å². The number of anilines is 3. The van der Waals surface area contributed by atoms with Crippen molar-refractivity contribution in [1.82, 2.24) is 0 Å². The Labute approximate surface area is 340 Å². The van der Waals surface area contributed by atoms with Gasteiger partial charge < -0.3 is 4.90 Å². The zero-order chi connectivity index (χ0) is 38.8. The van der Waals surface area contributed by atoms with Crippen LogP contribution in [0, 0.1) is 0 Å². The maximum atomic E-state index is 2.47. The first-order chi connectivity index (χ1) is 28.5. The van der Waals surface area contributed by atoms with E-state index >= 15 is 0 Å². The molecular formula is C57H41N. The maximum absolute atomic E-state index is 2.47. The Balaban J connectivity index is 1.13. The second-order valence-electron chi connectivity index (χ2n) is 16.1. The maximum Gasteiger partial charge on any atom is 0.0540 e. The fourth-order valence-electron chi connectivity index (χ4n) is 9.57. The van der Waals surface area contributed by atoms with Crippen molar-refractivity contribution in [3.05, 3.63) is 223 Å². The third-order valence-corrected chi connectivity index (χ3v) is 12.5. The van der Waals surface area contributed by atoms with Gasteiger partial charge in [-0.1, -0.05) is 190 Å². The lowest BCUT2D eigenvalue weighted by Gasteiger charge is -2.30. The second kappa shape index (κ2) is 13.5. The van der Waals surface area contributed by atoms with Crippen LogP contribution in [0.15, 0.2) is 212 Å². The highest BCUT2D eigenvalue weighted by Crippen LogP contribution is 2.52. The molecule has 0 aromatic heterocycles. The van der Waals surface area contributed by atoms with E-state index in [1.54, 1.807) is 0 Å². The molecule has 11 rings (SSSR count). The molecule has 0 aliphatic heterocycles. The van der Waals surface area contributed by atoms with Gasteiger partial charge >= 0.3 is 0 Å². The summed E-state index contributed by atoms with van der Waals surface area (Å²) in [7, 11) is 0. The lowest BCUT2D eigenvalue weighted by molar-refractivity contribution is 0.660. The van der Waals surface area contributed by atoms with Gasteiger partial charge in [0, 0.05) is 22.4 Å². The smallest absolute Gasteiger partial charge is 0.0540 e. The summed E-state index contributed by atoms with van der Waals surface area (Å²) in [5, 5.41) is 7.57. The molecule has 1 aliphatic carbocycles. The molecule has 274 valence electrons. The van der Waals surface area contributed by atoms with Gasteiger partial charge in [-0.15, -0.1) is 0 Å². The zero-order valence-electron chi connectivity index (χ0n) is 32.7. The zero-order valence-corrected chi connectivity index (χ0v) is 32.7. The van der Waals surface area contributed by atoms with Crippen LogP contribution in [-0.2, 0) is 5.41 Å². The Morgan fingerprint density at radius 2 is 0.897 bits per heavy atom. The summed E-state index contributed by atoms with van der Waals surface area (Å²) < 4.78 is 0. The Hall–Kier alpha value is -7.22. The van der Waals surface area contributed by atoms with Crippen molar-refractivity contribution in [2.45, 2.75) is 19.3 Å². The van der Waals surface area contributed by atoms with Gasteiger partial charge in [0.1, 0.15) is 0 Å². The largest absolute Gasteiger partial charge is 0.310 e. The highest BCUT2D eigenvalue weighted by Gasteiger charge is 2.36. The quantitative estimate of drug-likeness (QED) is 0.154. The molecule has 0 heterocycles. The van der Waals surface area contributed by atoms with Crippen molar-refractivity contribution in [1.29, 1.82) is 0 Å². The number of nitrogens with zero attached hydrogens (tertiary/aromatic N) is 1. The minimum atomic E-state index is -0.130. The Morgan fingerprint density at radius 1 is 0.328 bits per heavy atom. The van der Waals surface area contributed by atoms with Gasteiger partial charge in [0.15, 0.2) is 0 Å². The predicted octanol–water partition coefficient (Wildman–Crippen LogP) is 15.9. The van der Waals surface area contributed by atoms with E-state index in [1.807, 2.05) is 0 Å². The molecule has 0 fully saturated rings. The van der Waals surface area contributed by atoms with Gasteiger partial charge in [-0.25, -0.2) is 0 Å². The summed E-state index contributed by atoms with van der Waals surface area (Å²) in [6.07, 6.45) is 0. The van der Waals surface area contributed by atoms with Crippen LogP contribution in [0.4, 0.5) is 17.1 Å². The highest BCUT2D eigenvalue weighted by atomic mass is 15.1. The highest BCUT2D eigenvalue weighted by molar-refractivity contribution is 6.14. The summed E-state index contributed by atoms with van der Waals surface area (Å²) >= 11 is 0. The van der Waals surface area contributed by atoms with Crippen LogP contribution in [0.3, 0.4) is 0 Å². The van der Waals surface area contributed by atoms with Crippen molar-refractivity contribution in [2.75, 3.05) is 4.90 Å². The lowest BCUT2D eigenvalue weighted by Crippen LogP contribution is -2.17. The van der Waals surface area contributed by atoms with Crippen LogP contribution in [0.1, 0.15) is 25.0 Å². The molecule has 58 heavy (non-hydrogen) atoms. The van der Waals surface area contributed by atoms with Crippen molar-refractivity contribution in [2.24, 2.45) is 0 Å². The van der Waals surface area contributed by atoms with Gasteiger partial charge in [-0.3, -0.25) is 0 Å². The van der Waals surface area contributed by atoms with Crippen molar-refractivity contribution in [3.63, 3.8) is 0 Å². The van der Waals surface area contributed by atoms with Crippen molar-refractivity contribution >= 4 is 49.4 Å². The Bertz CT molecular complexity index is 3180. The van der Waals surface area contributed by atoms with Crippen LogP contribution >= 0.6 is 0 Å². The molecule has 0 unspecified atom stereocenters. The summed E-state index contributed by atoms with van der Waals surface area (Å²) in [6.45, 7) is 4.73. The Kier molecular flexibility index (Phi) is 7.91. The molecule has 1 aliphatic rings. The van der Waals surface area contributed by atoms with E-state index in [-0.39, 0.29) is 5.41 Å². The fraction of sp³-hybridized carbons (Fsp3) is 0.0526. The Morgan fingerprint density at radius 3 is 1.72 bits per heavy atom. The first kappa shape index (κ1) is 34.1. The fourth-order valence-corrected chi connectivity index (χ4v) is 9.57. The molecule has 10 aromatic carbocycles. The SMILES string of the molecule is CC1(C)c2ccccc2-c2ccc(N(c3ccc(-c4cccc5ccccc45)cc3)c3ccc(-c4cccc5ccc6ccccc6c45)cc3-c3ccccc3)cc21. The minimum Gasteiger partial charge on any atom is -0.310 e. The minimum absolute atomic E-state index is 0.130. The van der Waals surface area contributed by atoms with Crippen LogP contribution in [-0.4, -0.2) is 0 Å². The molecule has 1 heteroatoms. The molecular weight excluding hydrogens is 699 g/mol. The third kappa shape index (κ3) is 5.46. The summed E-state index contributed by atoms with van der Waals surface area (Å²) in [6, 6.07) is 78.3. The van der Waals surface area contributed by atoms with E-state index < -0.39 is 0 Å². The van der Waals surface area contributed by atoms with Gasteiger partial charge in [-0.05, 0) is 119 Å². The summed E-state index contributed by atoms with van der Waals surface area (Å²) in [5.74, 6) is 0. The molecule has 0 bridgehead atoms. The normalized spacial score (nSPS) is 12.8. The number of fused-ring (bicyclic) bond motifs is 7. The van der Waals surface area contributed by atoms with Crippen LogP contribution in [0.25, 0.3) is 76.8 Å². The second-order valence-corrected chi connectivity index (χ2v) is 16.1. The summed E-state index contributed by atoms with van der Waals surface area (Å²) in [5.41, 5.74) is 15.9. The van der Waals surface area contributed by atoms with Gasteiger partial charge in [0.25, 0.3) is 0 Å². The molecule has 0 atom stereocenters. The van der Waals surface area contributed by atoms with E-state index in [2.05, 4.69) is 231 Å². The topological polar surface area (TPSA) is 3.24 Å². The number of hydrogen-bond donors (Lipinski definition) is 0. The van der Waals surface area contributed by atoms with E-state index in [9.17, 15) is 0 Å². The van der Waals surface area contributed by atoms with E-state index in [0.29, 0.717) is 0 Å². The standard InChI is InChI=1S/C57H41N/c1-57(2)53-25-11-10-22-50(53)51-34-33-45(37-54(51)57)58(44-31-28-41(29-32-44)47-23-12-18-38-16-6-8-20-46(38)47)55-35-30-43(36-52(55)39-14-4-3-5-15-39)49-24-13-19-42-27-26-40-17-7-9-21-48(40)56(42)49/h3-37H,1-2H3. The van der Waals surface area contributed by atoms with Crippen LogP contribution in [0.2, 0.25) is 0 Å². The average molecular weight is 740 g/mol. The van der Waals surface area contributed by atoms with Crippen molar-refractivity contribution < 1.29 is 0 Å². The van der Waals surface area contributed by atoms with Gasteiger partial charge in [-0.2, -0.15) is 0 Å². The van der Waals surface area contributed by atoms with Crippen molar-refractivity contribution in [3.8, 4) is 44.5 Å². The van der Waals surface area contributed by atoms with Crippen LogP contribution in [0.5, 0.6) is 0 Å². The van der Waals surface area contributed by atoms with Gasteiger partial charge in [0.2, 0.25) is 0 Å². The molecule has 0 N–H and O–H groups in total.